The van der Waals surface area contributed by atoms with Crippen LogP contribution in [0, 0.1) is 0 Å². The van der Waals surface area contributed by atoms with Gasteiger partial charge >= 0.3 is 0 Å². The van der Waals surface area contributed by atoms with Gasteiger partial charge in [-0.2, -0.15) is 0 Å². The van der Waals surface area contributed by atoms with Crippen LogP contribution in [0.15, 0.2) is 255 Å². The summed E-state index contributed by atoms with van der Waals surface area (Å²) in [5, 5.41) is 2.41. The molecule has 0 radical (unpaired) electrons. The molecule has 0 bridgehead atoms. The van der Waals surface area contributed by atoms with Crippen molar-refractivity contribution in [3.8, 4) is 55.6 Å². The fraction of sp³-hybridized carbons (Fsp3) is 0.135. The summed E-state index contributed by atoms with van der Waals surface area (Å²) in [5.74, 6) is 0. The number of nitrogens with zero attached hydrogens (tertiary/aromatic N) is 2. The molecule has 11 aromatic rings. The van der Waals surface area contributed by atoms with E-state index < -0.39 is 0 Å². The standard InChI is InChI=1S/C74H62N2/c1-5-73(6-2)68-35-19-17-32-63(68)65-43-41-59(49-70(65)73)75(57-29-21-27-54(47-57)51-23-11-9-12-24-51)56-39-37-53(38-40-56)61-45-46-72(67-34-16-15-31-62(61)67)76(58-30-22-28-55(48-58)52-25-13-10-14-26-52)60-42-44-66-64-33-18-20-36-69(64)74(7-3,8-4)71(66)50-60/h9-50H,5-8H2,1-4H3. The van der Waals surface area contributed by atoms with Crippen LogP contribution in [-0.4, -0.2) is 0 Å². The number of hydrogen-bond acceptors (Lipinski definition) is 2. The van der Waals surface area contributed by atoms with Crippen molar-refractivity contribution in [3.63, 3.8) is 0 Å². The minimum atomic E-state index is -0.0557. The first-order valence-electron chi connectivity index (χ1n) is 27.5. The molecule has 0 heterocycles. The van der Waals surface area contributed by atoms with Gasteiger partial charge in [0.2, 0.25) is 0 Å². The third-order valence-electron chi connectivity index (χ3n) is 17.4. The van der Waals surface area contributed by atoms with Crippen LogP contribution in [0.25, 0.3) is 66.4 Å². The molecule has 76 heavy (non-hydrogen) atoms. The molecule has 0 amide bonds. The van der Waals surface area contributed by atoms with Crippen LogP contribution in [0.4, 0.5) is 34.1 Å². The summed E-state index contributed by atoms with van der Waals surface area (Å²) >= 11 is 0. The van der Waals surface area contributed by atoms with Crippen molar-refractivity contribution >= 4 is 44.9 Å². The lowest BCUT2D eigenvalue weighted by Gasteiger charge is -2.32. The Morgan fingerprint density at radius 3 is 1.17 bits per heavy atom. The first kappa shape index (κ1) is 47.0. The van der Waals surface area contributed by atoms with E-state index >= 15 is 0 Å². The van der Waals surface area contributed by atoms with Gasteiger partial charge in [-0.25, -0.2) is 0 Å². The van der Waals surface area contributed by atoms with E-state index in [2.05, 4.69) is 292 Å². The molecule has 0 atom stereocenters. The normalized spacial score (nSPS) is 13.4. The molecular weight excluding hydrogens is 917 g/mol. The van der Waals surface area contributed by atoms with Crippen molar-refractivity contribution in [3.05, 3.63) is 277 Å². The van der Waals surface area contributed by atoms with Gasteiger partial charge in [-0.1, -0.05) is 216 Å². The topological polar surface area (TPSA) is 6.48 Å². The lowest BCUT2D eigenvalue weighted by molar-refractivity contribution is 0.490. The molecule has 0 N–H and O–H groups in total. The van der Waals surface area contributed by atoms with Gasteiger partial charge < -0.3 is 9.80 Å². The van der Waals surface area contributed by atoms with Crippen LogP contribution in [0.1, 0.15) is 75.6 Å². The maximum Gasteiger partial charge on any atom is 0.0540 e. The van der Waals surface area contributed by atoms with Crippen LogP contribution in [0.5, 0.6) is 0 Å². The Morgan fingerprint density at radius 2 is 0.645 bits per heavy atom. The Kier molecular flexibility index (Phi) is 11.9. The van der Waals surface area contributed by atoms with Gasteiger partial charge in [-0.05, 0) is 176 Å². The van der Waals surface area contributed by atoms with Gasteiger partial charge in [0, 0.05) is 44.7 Å². The first-order chi connectivity index (χ1) is 37.5. The van der Waals surface area contributed by atoms with Gasteiger partial charge in [0.15, 0.2) is 0 Å². The molecule has 13 rings (SSSR count). The Labute approximate surface area is 449 Å². The zero-order valence-electron chi connectivity index (χ0n) is 44.0. The third-order valence-corrected chi connectivity index (χ3v) is 17.4. The summed E-state index contributed by atoms with van der Waals surface area (Å²) < 4.78 is 0. The largest absolute Gasteiger partial charge is 0.310 e. The Balaban J connectivity index is 0.941. The second-order valence-electron chi connectivity index (χ2n) is 20.9. The molecule has 2 aliphatic rings. The number of fused-ring (bicyclic) bond motifs is 7. The van der Waals surface area contributed by atoms with Crippen molar-refractivity contribution in [1.29, 1.82) is 0 Å². The fourth-order valence-corrected chi connectivity index (χ4v) is 13.5. The molecule has 2 heteroatoms. The van der Waals surface area contributed by atoms with Crippen molar-refractivity contribution in [2.45, 2.75) is 64.2 Å². The third kappa shape index (κ3) is 7.53. The summed E-state index contributed by atoms with van der Waals surface area (Å²) in [6.07, 6.45) is 4.16. The molecule has 0 spiro atoms. The van der Waals surface area contributed by atoms with Crippen LogP contribution < -0.4 is 9.80 Å². The minimum absolute atomic E-state index is 0.0428. The minimum Gasteiger partial charge on any atom is -0.310 e. The second-order valence-corrected chi connectivity index (χ2v) is 20.9. The summed E-state index contributed by atoms with van der Waals surface area (Å²) in [4.78, 5) is 4.96. The number of anilines is 6. The molecule has 0 unspecified atom stereocenters. The van der Waals surface area contributed by atoms with E-state index in [1.54, 1.807) is 0 Å². The molecule has 2 nitrogen and oxygen atoms in total. The molecule has 11 aromatic carbocycles. The van der Waals surface area contributed by atoms with E-state index in [0.717, 1.165) is 59.8 Å². The van der Waals surface area contributed by atoms with Crippen molar-refractivity contribution in [2.75, 3.05) is 9.80 Å². The lowest BCUT2D eigenvalue weighted by atomic mass is 9.74. The Morgan fingerprint density at radius 1 is 0.250 bits per heavy atom. The van der Waals surface area contributed by atoms with Gasteiger partial charge in [0.05, 0.1) is 5.69 Å². The smallest absolute Gasteiger partial charge is 0.0540 e. The molecule has 0 fully saturated rings. The Bertz CT molecular complexity index is 3940. The van der Waals surface area contributed by atoms with Crippen molar-refractivity contribution in [2.24, 2.45) is 0 Å². The summed E-state index contributed by atoms with van der Waals surface area (Å²) in [6, 6.07) is 95.1. The average molecular weight is 979 g/mol. The summed E-state index contributed by atoms with van der Waals surface area (Å²) in [7, 11) is 0. The predicted octanol–water partition coefficient (Wildman–Crippen LogP) is 21.0. The highest BCUT2D eigenvalue weighted by Gasteiger charge is 2.42. The average Bonchev–Trinajstić information content (AvgIpc) is 3.98. The summed E-state index contributed by atoms with van der Waals surface area (Å²) in [5.41, 5.74) is 25.1. The highest BCUT2D eigenvalue weighted by atomic mass is 15.1. The highest BCUT2D eigenvalue weighted by Crippen LogP contribution is 2.56. The van der Waals surface area contributed by atoms with E-state index in [-0.39, 0.29) is 10.8 Å². The van der Waals surface area contributed by atoms with E-state index in [4.69, 9.17) is 0 Å². The molecule has 368 valence electrons. The van der Waals surface area contributed by atoms with Crippen molar-refractivity contribution < 1.29 is 0 Å². The van der Waals surface area contributed by atoms with E-state index in [1.807, 2.05) is 0 Å². The van der Waals surface area contributed by atoms with Gasteiger partial charge in [-0.15, -0.1) is 0 Å². The zero-order chi connectivity index (χ0) is 51.4. The van der Waals surface area contributed by atoms with Gasteiger partial charge in [-0.3, -0.25) is 0 Å². The molecular formula is C74H62N2. The quantitative estimate of drug-likeness (QED) is 0.114. The zero-order valence-corrected chi connectivity index (χ0v) is 44.0. The Hall–Kier alpha value is -8.72. The number of hydrogen-bond donors (Lipinski definition) is 0. The van der Waals surface area contributed by atoms with Crippen molar-refractivity contribution in [1.82, 2.24) is 0 Å². The van der Waals surface area contributed by atoms with Gasteiger partial charge in [0.1, 0.15) is 0 Å². The predicted molar refractivity (Wildman–Crippen MR) is 323 cm³/mol. The van der Waals surface area contributed by atoms with E-state index in [1.165, 1.54) is 88.7 Å². The maximum atomic E-state index is 2.50. The first-order valence-corrected chi connectivity index (χ1v) is 27.5. The van der Waals surface area contributed by atoms with Crippen LogP contribution >= 0.6 is 0 Å². The lowest BCUT2D eigenvalue weighted by Crippen LogP contribution is -2.23. The molecule has 0 saturated carbocycles. The second kappa shape index (κ2) is 19.2. The number of rotatable bonds is 13. The SMILES string of the molecule is CCC1(CC)c2ccccc2-c2ccc(N(c3ccc(-c4ccc(N(c5cccc(-c6ccccc6)c5)c5ccc6c(c5)C(CC)(CC)c5ccccc5-6)c5ccccc45)cc3)c3cccc(-c4ccccc4)c3)cc21. The highest BCUT2D eigenvalue weighted by molar-refractivity contribution is 6.07. The molecule has 0 saturated heterocycles. The molecule has 0 aliphatic heterocycles. The monoisotopic (exact) mass is 978 g/mol. The number of benzene rings is 11. The van der Waals surface area contributed by atoms with Crippen LogP contribution in [-0.2, 0) is 10.8 Å². The summed E-state index contributed by atoms with van der Waals surface area (Å²) in [6.45, 7) is 9.43. The van der Waals surface area contributed by atoms with Gasteiger partial charge in [0.25, 0.3) is 0 Å². The fourth-order valence-electron chi connectivity index (χ4n) is 13.5. The van der Waals surface area contributed by atoms with Crippen LogP contribution in [0.2, 0.25) is 0 Å². The molecule has 2 aliphatic carbocycles. The maximum absolute atomic E-state index is 2.50. The van der Waals surface area contributed by atoms with Crippen LogP contribution in [0.3, 0.4) is 0 Å². The van der Waals surface area contributed by atoms with E-state index in [9.17, 15) is 0 Å². The molecule has 0 aromatic heterocycles. The van der Waals surface area contributed by atoms with E-state index in [0.29, 0.717) is 0 Å².